The second-order valence-corrected chi connectivity index (χ2v) is 3.69. The summed E-state index contributed by atoms with van der Waals surface area (Å²) in [4.78, 5) is 0. The Morgan fingerprint density at radius 3 is 1.47 bits per heavy atom. The topological polar surface area (TPSA) is 107 Å². The van der Waals surface area contributed by atoms with E-state index in [0.29, 0.717) is 11.7 Å². The monoisotopic (exact) mass is 260 g/mol. The first kappa shape index (κ1) is 12.3. The molecule has 4 N–H and O–H groups in total. The van der Waals surface area contributed by atoms with Gasteiger partial charge in [-0.15, -0.1) is 0 Å². The van der Waals surface area contributed by atoms with Crippen LogP contribution in [0.25, 0.3) is 11.0 Å². The van der Waals surface area contributed by atoms with Gasteiger partial charge in [0.2, 0.25) is 0 Å². The van der Waals surface area contributed by atoms with Crippen molar-refractivity contribution in [3.63, 3.8) is 0 Å². The number of halogens is 2. The molecule has 2 rings (SSSR count). The summed E-state index contributed by atoms with van der Waals surface area (Å²) in [7, 11) is -4.55. The molecule has 1 aromatic carbocycles. The van der Waals surface area contributed by atoms with Crippen LogP contribution >= 0.6 is 11.7 Å². The van der Waals surface area contributed by atoms with E-state index in [4.69, 9.17) is 20.1 Å². The van der Waals surface area contributed by atoms with Crippen molar-refractivity contribution in [2.24, 2.45) is 0 Å². The molecule has 0 radical (unpaired) electrons. The van der Waals surface area contributed by atoms with Crippen LogP contribution in [-0.2, 0) is 0 Å². The third-order valence-electron chi connectivity index (χ3n) is 2.18. The number of nitrogens with zero attached hydrogens (tertiary/aromatic N) is 2. The van der Waals surface area contributed by atoms with Crippen molar-refractivity contribution in [1.29, 1.82) is 0 Å². The minimum Gasteiger partial charge on any atom is -0.423 e. The van der Waals surface area contributed by atoms with E-state index in [9.17, 15) is 8.78 Å². The maximum absolute atomic E-state index is 13.5. The van der Waals surface area contributed by atoms with Crippen LogP contribution in [0.2, 0.25) is 0 Å². The molecule has 0 aliphatic rings. The fourth-order valence-electron chi connectivity index (χ4n) is 1.46. The van der Waals surface area contributed by atoms with Gasteiger partial charge in [-0.05, 0) is 0 Å². The lowest BCUT2D eigenvalue weighted by molar-refractivity contribution is 0.415. The summed E-state index contributed by atoms with van der Waals surface area (Å²) in [6.45, 7) is 0. The van der Waals surface area contributed by atoms with Gasteiger partial charge in [-0.1, -0.05) is 0 Å². The fraction of sp³-hybridized carbons (Fsp3) is 0. The molecular formula is C6H4B2F2N2O4S. The lowest BCUT2D eigenvalue weighted by Gasteiger charge is -2.08. The Morgan fingerprint density at radius 1 is 0.824 bits per heavy atom. The molecular weight excluding hydrogens is 256 g/mol. The van der Waals surface area contributed by atoms with E-state index >= 15 is 0 Å². The lowest BCUT2D eigenvalue weighted by atomic mass is 9.72. The Hall–Kier alpha value is -1.13. The molecule has 0 aliphatic carbocycles. The highest BCUT2D eigenvalue weighted by atomic mass is 32.1. The molecule has 17 heavy (non-hydrogen) atoms. The second-order valence-electron chi connectivity index (χ2n) is 3.16. The number of fused-ring (bicyclic) bond motifs is 1. The summed E-state index contributed by atoms with van der Waals surface area (Å²) >= 11 is 0.556. The number of hydrogen-bond acceptors (Lipinski definition) is 7. The summed E-state index contributed by atoms with van der Waals surface area (Å²) in [6.07, 6.45) is 0. The standard InChI is InChI=1S/C6H4B2F2N2O4S/c9-3-1(7(13)14)5-6(12-17-11-5)2(4(3)10)8(15)16/h13-16H. The van der Waals surface area contributed by atoms with Gasteiger partial charge in [0, 0.05) is 10.9 Å². The lowest BCUT2D eigenvalue weighted by Crippen LogP contribution is -2.41. The average Bonchev–Trinajstić information content (AvgIpc) is 2.66. The van der Waals surface area contributed by atoms with Crippen LogP contribution in [0.5, 0.6) is 0 Å². The summed E-state index contributed by atoms with van der Waals surface area (Å²) in [6, 6.07) is 0. The van der Waals surface area contributed by atoms with Gasteiger partial charge in [0.25, 0.3) is 0 Å². The maximum atomic E-state index is 13.5. The normalized spacial score (nSPS) is 10.9. The van der Waals surface area contributed by atoms with Crippen LogP contribution in [0.15, 0.2) is 0 Å². The Balaban J connectivity index is 2.92. The highest BCUT2D eigenvalue weighted by Crippen LogP contribution is 2.13. The molecule has 1 heterocycles. The van der Waals surface area contributed by atoms with Crippen molar-refractivity contribution in [1.82, 2.24) is 8.75 Å². The molecule has 0 amide bonds. The Labute approximate surface area is 97.8 Å². The SMILES string of the molecule is OB(O)c1c(F)c(F)c(B(O)O)c2nsnc12. The fourth-order valence-corrected chi connectivity index (χ4v) is 2.03. The van der Waals surface area contributed by atoms with E-state index in [0.717, 1.165) is 0 Å². The summed E-state index contributed by atoms with van der Waals surface area (Å²) in [5.41, 5.74) is -2.19. The molecule has 6 nitrogen and oxygen atoms in total. The molecule has 11 heteroatoms. The van der Waals surface area contributed by atoms with Gasteiger partial charge in [0.15, 0.2) is 11.6 Å². The minimum atomic E-state index is -2.28. The minimum absolute atomic E-state index is 0.313. The Bertz CT molecular complexity index is 531. The average molecular weight is 260 g/mol. The first-order valence-electron chi connectivity index (χ1n) is 4.30. The van der Waals surface area contributed by atoms with Crippen molar-refractivity contribution in [3.05, 3.63) is 11.6 Å². The van der Waals surface area contributed by atoms with Crippen LogP contribution in [0, 0.1) is 11.6 Å². The van der Waals surface area contributed by atoms with Crippen LogP contribution in [0.4, 0.5) is 8.78 Å². The largest absolute Gasteiger partial charge is 0.493 e. The molecule has 0 saturated carbocycles. The highest BCUT2D eigenvalue weighted by Gasteiger charge is 2.33. The molecule has 1 aromatic heterocycles. The van der Waals surface area contributed by atoms with Gasteiger partial charge in [-0.2, -0.15) is 8.75 Å². The van der Waals surface area contributed by atoms with E-state index in [-0.39, 0.29) is 11.0 Å². The molecule has 0 unspecified atom stereocenters. The van der Waals surface area contributed by atoms with Crippen molar-refractivity contribution in [2.45, 2.75) is 0 Å². The highest BCUT2D eigenvalue weighted by molar-refractivity contribution is 7.00. The molecule has 0 aliphatic heterocycles. The maximum Gasteiger partial charge on any atom is 0.493 e. The van der Waals surface area contributed by atoms with Crippen molar-refractivity contribution < 1.29 is 28.9 Å². The molecule has 0 fully saturated rings. The summed E-state index contributed by atoms with van der Waals surface area (Å²) < 4.78 is 34.1. The van der Waals surface area contributed by atoms with E-state index in [1.807, 2.05) is 0 Å². The second kappa shape index (κ2) is 4.27. The predicted octanol–water partition coefficient (Wildman–Crippen LogP) is -2.67. The smallest absolute Gasteiger partial charge is 0.423 e. The van der Waals surface area contributed by atoms with Gasteiger partial charge >= 0.3 is 14.2 Å². The molecule has 88 valence electrons. The molecule has 0 spiro atoms. The first-order valence-corrected chi connectivity index (χ1v) is 5.03. The van der Waals surface area contributed by atoms with Crippen molar-refractivity contribution in [2.75, 3.05) is 0 Å². The third kappa shape index (κ3) is 1.81. The number of rotatable bonds is 2. The quantitative estimate of drug-likeness (QED) is 0.439. The van der Waals surface area contributed by atoms with Gasteiger partial charge in [-0.3, -0.25) is 0 Å². The Kier molecular flexibility index (Phi) is 3.10. The van der Waals surface area contributed by atoms with Crippen LogP contribution in [-0.4, -0.2) is 43.1 Å². The predicted molar refractivity (Wildman–Crippen MR) is 57.0 cm³/mol. The molecule has 0 bridgehead atoms. The van der Waals surface area contributed by atoms with Crippen LogP contribution < -0.4 is 10.9 Å². The van der Waals surface area contributed by atoms with E-state index in [1.54, 1.807) is 0 Å². The van der Waals surface area contributed by atoms with E-state index in [2.05, 4.69) is 8.75 Å². The first-order chi connectivity index (χ1) is 7.95. The zero-order valence-electron chi connectivity index (χ0n) is 8.00. The van der Waals surface area contributed by atoms with Crippen molar-refractivity contribution in [3.8, 4) is 0 Å². The van der Waals surface area contributed by atoms with Gasteiger partial charge in [0.1, 0.15) is 11.0 Å². The van der Waals surface area contributed by atoms with Crippen LogP contribution in [0.3, 0.4) is 0 Å². The van der Waals surface area contributed by atoms with Gasteiger partial charge < -0.3 is 20.1 Å². The Morgan fingerprint density at radius 2 is 1.18 bits per heavy atom. The molecule has 0 atom stereocenters. The summed E-state index contributed by atoms with van der Waals surface area (Å²) in [5.74, 6) is -3.19. The van der Waals surface area contributed by atoms with Crippen molar-refractivity contribution >= 4 is 47.9 Å². The number of hydrogen-bond donors (Lipinski definition) is 4. The number of aromatic nitrogens is 2. The zero-order chi connectivity index (χ0) is 12.7. The third-order valence-corrected chi connectivity index (χ3v) is 2.71. The van der Waals surface area contributed by atoms with E-state index in [1.165, 1.54) is 0 Å². The molecule has 2 aromatic rings. The van der Waals surface area contributed by atoms with Gasteiger partial charge in [0.05, 0.1) is 11.7 Å². The summed E-state index contributed by atoms with van der Waals surface area (Å²) in [5, 5.41) is 35.7. The van der Waals surface area contributed by atoms with E-state index < -0.39 is 36.8 Å². The molecule has 0 saturated heterocycles. The van der Waals surface area contributed by atoms with Crippen LogP contribution in [0.1, 0.15) is 0 Å². The zero-order valence-corrected chi connectivity index (χ0v) is 8.82. The van der Waals surface area contributed by atoms with Gasteiger partial charge in [-0.25, -0.2) is 8.78 Å². The number of benzene rings is 1.